The minimum atomic E-state index is -3.37. The third-order valence-corrected chi connectivity index (χ3v) is 12.7. The van der Waals surface area contributed by atoms with Gasteiger partial charge in [0.2, 0.25) is 20.0 Å². The van der Waals surface area contributed by atoms with Crippen LogP contribution in [-0.2, 0) is 24.8 Å². The smallest absolute Gasteiger partial charge is 0.410 e. The van der Waals surface area contributed by atoms with Gasteiger partial charge in [0.1, 0.15) is 16.1 Å². The molecule has 0 aliphatic carbocycles. The number of halogens is 1. The maximum Gasteiger partial charge on any atom is 0.410 e. The molecule has 4 atom stereocenters. The number of hydrogen-bond acceptors (Lipinski definition) is 7. The molecule has 4 aliphatic rings. The summed E-state index contributed by atoms with van der Waals surface area (Å²) in [6, 6.07) is 18.8. The van der Waals surface area contributed by atoms with Crippen molar-refractivity contribution in [1.82, 2.24) is 18.8 Å². The van der Waals surface area contributed by atoms with Gasteiger partial charge in [-0.15, -0.1) is 12.4 Å². The van der Waals surface area contributed by atoms with E-state index in [1.807, 2.05) is 81.4 Å². The van der Waals surface area contributed by atoms with Gasteiger partial charge in [0.15, 0.2) is 0 Å². The van der Waals surface area contributed by atoms with Gasteiger partial charge in [0, 0.05) is 51.4 Å². The van der Waals surface area contributed by atoms with Crippen molar-refractivity contribution in [3.63, 3.8) is 0 Å². The highest BCUT2D eigenvalue weighted by Gasteiger charge is 2.49. The highest BCUT2D eigenvalue weighted by molar-refractivity contribution is 7.89. The number of sulfonamides is 2. The summed E-state index contributed by atoms with van der Waals surface area (Å²) >= 11 is 0. The van der Waals surface area contributed by atoms with Crippen molar-refractivity contribution in [3.8, 4) is 0 Å². The molecule has 4 aliphatic heterocycles. The zero-order valence-corrected chi connectivity index (χ0v) is 26.7. The molecule has 6 rings (SSSR count). The van der Waals surface area contributed by atoms with Crippen LogP contribution in [-0.4, -0.2) is 93.4 Å². The minimum Gasteiger partial charge on any atom is -0.444 e. The number of rotatable bonds is 2. The van der Waals surface area contributed by atoms with Crippen LogP contribution < -0.4 is 5.32 Å². The monoisotopic (exact) mass is 640 g/mol. The summed E-state index contributed by atoms with van der Waals surface area (Å²) in [5.41, 5.74) is 1.18. The van der Waals surface area contributed by atoms with Crippen molar-refractivity contribution in [2.45, 2.75) is 61.8 Å². The van der Waals surface area contributed by atoms with Gasteiger partial charge in [-0.2, -0.15) is 8.61 Å². The molecule has 1 N–H and O–H groups in total. The van der Waals surface area contributed by atoms with Crippen LogP contribution in [0.5, 0.6) is 0 Å². The van der Waals surface area contributed by atoms with Crippen LogP contribution in [0.4, 0.5) is 4.79 Å². The third kappa shape index (κ3) is 6.79. The first-order valence-corrected chi connectivity index (χ1v) is 17.2. The number of amides is 1. The van der Waals surface area contributed by atoms with Gasteiger partial charge in [0.05, 0.1) is 0 Å². The van der Waals surface area contributed by atoms with Gasteiger partial charge >= 0.3 is 6.09 Å². The first-order valence-electron chi connectivity index (χ1n) is 14.2. The molecule has 4 fully saturated rings. The Morgan fingerprint density at radius 2 is 1.29 bits per heavy atom. The standard InChI is InChI=1S/C17H24N2O4S.C12H16N2O2S.ClH/c1-17(2,3)23-16(20)18-9-10-19-14(12-18)11-15(24(19,21)22)13-7-5-4-6-8-13;15-17(16)12(10-4-2-1-3-5-10)8-11-9-13-6-7-14(11)17;/h4-8,14-15H,9-12H2,1-3H3;1-5,11-13H,6-9H2;1H. The zero-order chi connectivity index (χ0) is 29.4. The molecule has 0 radical (unpaired) electrons. The van der Waals surface area contributed by atoms with Gasteiger partial charge in [-0.1, -0.05) is 60.7 Å². The average Bonchev–Trinajstić information content (AvgIpc) is 3.37. The van der Waals surface area contributed by atoms with E-state index in [2.05, 4.69) is 5.32 Å². The van der Waals surface area contributed by atoms with E-state index in [0.29, 0.717) is 39.0 Å². The van der Waals surface area contributed by atoms with Gasteiger partial charge in [-0.05, 0) is 44.7 Å². The quantitative estimate of drug-likeness (QED) is 0.534. The van der Waals surface area contributed by atoms with Crippen molar-refractivity contribution in [3.05, 3.63) is 71.8 Å². The molecule has 42 heavy (non-hydrogen) atoms. The van der Waals surface area contributed by atoms with Crippen molar-refractivity contribution < 1.29 is 26.4 Å². The summed E-state index contributed by atoms with van der Waals surface area (Å²) in [5.74, 6) is 0. The molecule has 0 bridgehead atoms. The SMILES string of the molecule is CC(C)(C)OC(=O)N1CCN2C(CC(c3ccccc3)S2(=O)=O)C1.Cl.O=S1(=O)C(c2ccccc2)CC2CNCCN21. The van der Waals surface area contributed by atoms with Gasteiger partial charge in [0.25, 0.3) is 0 Å². The van der Waals surface area contributed by atoms with E-state index < -0.39 is 30.9 Å². The molecule has 0 aromatic heterocycles. The Balaban J connectivity index is 0.000000198. The summed E-state index contributed by atoms with van der Waals surface area (Å²) in [7, 11) is -6.52. The molecule has 1 amide bonds. The van der Waals surface area contributed by atoms with Crippen LogP contribution in [0, 0.1) is 0 Å². The highest BCUT2D eigenvalue weighted by Crippen LogP contribution is 2.41. The number of piperazine rings is 2. The predicted molar refractivity (Wildman–Crippen MR) is 164 cm³/mol. The van der Waals surface area contributed by atoms with E-state index in [1.54, 1.807) is 13.5 Å². The van der Waals surface area contributed by atoms with Crippen LogP contribution in [0.3, 0.4) is 0 Å². The lowest BCUT2D eigenvalue weighted by Gasteiger charge is -2.36. The van der Waals surface area contributed by atoms with E-state index in [-0.39, 0.29) is 35.8 Å². The number of carbonyl (C=O) groups excluding carboxylic acids is 1. The maximum atomic E-state index is 12.8. The van der Waals surface area contributed by atoms with Crippen LogP contribution >= 0.6 is 12.4 Å². The van der Waals surface area contributed by atoms with E-state index >= 15 is 0 Å². The second-order valence-corrected chi connectivity index (χ2v) is 16.2. The summed E-state index contributed by atoms with van der Waals surface area (Å²) in [6.45, 7) is 8.71. The Labute approximate surface area is 255 Å². The van der Waals surface area contributed by atoms with Crippen molar-refractivity contribution in [2.24, 2.45) is 0 Å². The summed E-state index contributed by atoms with van der Waals surface area (Å²) in [6.07, 6.45) is 0.841. The molecule has 4 unspecified atom stereocenters. The molecule has 10 nitrogen and oxygen atoms in total. The van der Waals surface area contributed by atoms with E-state index in [4.69, 9.17) is 4.74 Å². The van der Waals surface area contributed by atoms with E-state index in [9.17, 15) is 21.6 Å². The molecular formula is C29H41ClN4O6S2. The Kier molecular flexibility index (Phi) is 9.96. The summed E-state index contributed by atoms with van der Waals surface area (Å²) in [5, 5.41) is 2.38. The lowest BCUT2D eigenvalue weighted by atomic mass is 10.0. The molecule has 4 heterocycles. The second kappa shape index (κ2) is 12.8. The number of fused-ring (bicyclic) bond motifs is 2. The average molecular weight is 641 g/mol. The minimum absolute atomic E-state index is 0. The Hall–Kier alpha value is -2.22. The predicted octanol–water partition coefficient (Wildman–Crippen LogP) is 3.54. The van der Waals surface area contributed by atoms with E-state index in [1.165, 1.54) is 0 Å². The number of ether oxygens (including phenoxy) is 1. The van der Waals surface area contributed by atoms with E-state index in [0.717, 1.165) is 24.2 Å². The van der Waals surface area contributed by atoms with Crippen molar-refractivity contribution >= 4 is 38.5 Å². The first kappa shape index (κ1) is 32.7. The number of nitrogens with zero attached hydrogens (tertiary/aromatic N) is 3. The first-order chi connectivity index (χ1) is 19.4. The van der Waals surface area contributed by atoms with Crippen molar-refractivity contribution in [2.75, 3.05) is 39.3 Å². The second-order valence-electron chi connectivity index (χ2n) is 12.0. The van der Waals surface area contributed by atoms with Crippen LogP contribution in [0.25, 0.3) is 0 Å². The van der Waals surface area contributed by atoms with Gasteiger partial charge in [-0.3, -0.25) is 0 Å². The van der Waals surface area contributed by atoms with Crippen LogP contribution in [0.1, 0.15) is 55.2 Å². The molecule has 13 heteroatoms. The Morgan fingerprint density at radius 1 is 0.786 bits per heavy atom. The summed E-state index contributed by atoms with van der Waals surface area (Å²) < 4.78 is 59.2. The molecule has 2 aromatic rings. The fraction of sp³-hybridized carbons (Fsp3) is 0.552. The Morgan fingerprint density at radius 3 is 1.79 bits per heavy atom. The van der Waals surface area contributed by atoms with Crippen LogP contribution in [0.2, 0.25) is 0 Å². The molecule has 0 saturated carbocycles. The highest BCUT2D eigenvalue weighted by atomic mass is 35.5. The largest absolute Gasteiger partial charge is 0.444 e. The lowest BCUT2D eigenvalue weighted by molar-refractivity contribution is 0.0141. The molecular weight excluding hydrogens is 600 g/mol. The fourth-order valence-electron chi connectivity index (χ4n) is 6.15. The number of nitrogens with one attached hydrogen (secondary N) is 1. The lowest BCUT2D eigenvalue weighted by Crippen LogP contribution is -2.53. The molecule has 2 aromatic carbocycles. The third-order valence-electron chi connectivity index (χ3n) is 8.06. The number of carbonyl (C=O) groups is 1. The molecule has 232 valence electrons. The van der Waals surface area contributed by atoms with Gasteiger partial charge < -0.3 is 15.0 Å². The maximum absolute atomic E-state index is 12.8. The van der Waals surface area contributed by atoms with Crippen LogP contribution in [0.15, 0.2) is 60.7 Å². The normalized spacial score (nSPS) is 28.4. The van der Waals surface area contributed by atoms with Gasteiger partial charge in [-0.25, -0.2) is 21.6 Å². The number of hydrogen-bond donors (Lipinski definition) is 1. The fourth-order valence-corrected chi connectivity index (χ4v) is 10.6. The summed E-state index contributed by atoms with van der Waals surface area (Å²) in [4.78, 5) is 13.9. The Bertz CT molecular complexity index is 1440. The number of benzene rings is 2. The molecule has 4 saturated heterocycles. The van der Waals surface area contributed by atoms with Crippen molar-refractivity contribution in [1.29, 1.82) is 0 Å². The molecule has 0 spiro atoms. The topological polar surface area (TPSA) is 116 Å². The zero-order valence-electron chi connectivity index (χ0n) is 24.3.